The van der Waals surface area contributed by atoms with E-state index in [1.807, 2.05) is 0 Å². The third-order valence-electron chi connectivity index (χ3n) is 3.29. The SMILES string of the molecule is CCc1c(C)cccc1[C@@H](N)C1CC1. The summed E-state index contributed by atoms with van der Waals surface area (Å²) in [6.45, 7) is 4.40. The lowest BCUT2D eigenvalue weighted by molar-refractivity contribution is 0.626. The molecule has 1 aliphatic carbocycles. The molecule has 2 N–H and O–H groups in total. The minimum atomic E-state index is 0.282. The summed E-state index contributed by atoms with van der Waals surface area (Å²) in [7, 11) is 0. The molecule has 1 fully saturated rings. The Morgan fingerprint density at radius 2 is 2.14 bits per heavy atom. The second-order valence-electron chi connectivity index (χ2n) is 4.36. The van der Waals surface area contributed by atoms with E-state index < -0.39 is 0 Å². The highest BCUT2D eigenvalue weighted by Gasteiger charge is 2.30. The normalized spacial score (nSPS) is 18.2. The second kappa shape index (κ2) is 3.74. The largest absolute Gasteiger partial charge is 0.324 e. The number of aryl methyl sites for hydroxylation is 1. The second-order valence-corrected chi connectivity index (χ2v) is 4.36. The average molecular weight is 189 g/mol. The maximum Gasteiger partial charge on any atom is 0.0326 e. The van der Waals surface area contributed by atoms with Gasteiger partial charge in [0.15, 0.2) is 0 Å². The highest BCUT2D eigenvalue weighted by molar-refractivity contribution is 5.37. The Morgan fingerprint density at radius 1 is 1.43 bits per heavy atom. The van der Waals surface area contributed by atoms with Gasteiger partial charge < -0.3 is 5.73 Å². The Hall–Kier alpha value is -0.820. The third kappa shape index (κ3) is 1.69. The van der Waals surface area contributed by atoms with E-state index in [1.54, 1.807) is 0 Å². The van der Waals surface area contributed by atoms with Crippen LogP contribution >= 0.6 is 0 Å². The molecule has 1 aliphatic rings. The summed E-state index contributed by atoms with van der Waals surface area (Å²) in [6.07, 6.45) is 3.74. The van der Waals surface area contributed by atoms with E-state index in [0.717, 1.165) is 12.3 Å². The van der Waals surface area contributed by atoms with E-state index in [4.69, 9.17) is 5.73 Å². The molecular weight excluding hydrogens is 170 g/mol. The Morgan fingerprint density at radius 3 is 2.71 bits per heavy atom. The Balaban J connectivity index is 2.35. The standard InChI is InChI=1S/C13H19N/c1-3-11-9(2)5-4-6-12(11)13(14)10-7-8-10/h4-6,10,13H,3,7-8,14H2,1-2H3/t13-/m0/s1. The monoisotopic (exact) mass is 189 g/mol. The molecule has 2 rings (SSSR count). The topological polar surface area (TPSA) is 26.0 Å². The predicted octanol–water partition coefficient (Wildman–Crippen LogP) is 2.97. The number of nitrogens with two attached hydrogens (primary N) is 1. The van der Waals surface area contributed by atoms with Gasteiger partial charge >= 0.3 is 0 Å². The van der Waals surface area contributed by atoms with Crippen LogP contribution in [0.25, 0.3) is 0 Å². The highest BCUT2D eigenvalue weighted by Crippen LogP contribution is 2.40. The summed E-state index contributed by atoms with van der Waals surface area (Å²) in [6, 6.07) is 6.80. The van der Waals surface area contributed by atoms with Crippen LogP contribution in [0.1, 0.15) is 42.5 Å². The minimum Gasteiger partial charge on any atom is -0.324 e. The van der Waals surface area contributed by atoms with E-state index in [9.17, 15) is 0 Å². The Kier molecular flexibility index (Phi) is 2.60. The number of benzene rings is 1. The molecule has 0 saturated heterocycles. The van der Waals surface area contributed by atoms with Crippen molar-refractivity contribution in [3.63, 3.8) is 0 Å². The zero-order chi connectivity index (χ0) is 10.1. The van der Waals surface area contributed by atoms with Crippen molar-refractivity contribution >= 4 is 0 Å². The van der Waals surface area contributed by atoms with Gasteiger partial charge in [-0.3, -0.25) is 0 Å². The van der Waals surface area contributed by atoms with Crippen LogP contribution in [0, 0.1) is 12.8 Å². The van der Waals surface area contributed by atoms with Crippen molar-refractivity contribution in [2.24, 2.45) is 11.7 Å². The molecule has 1 nitrogen and oxygen atoms in total. The van der Waals surface area contributed by atoms with Gasteiger partial charge in [-0.25, -0.2) is 0 Å². The first-order valence-corrected chi connectivity index (χ1v) is 5.58. The quantitative estimate of drug-likeness (QED) is 0.777. The molecule has 0 spiro atoms. The molecule has 0 aromatic heterocycles. The first kappa shape index (κ1) is 9.72. The Labute approximate surface area is 86.3 Å². The lowest BCUT2D eigenvalue weighted by Crippen LogP contribution is -2.15. The molecule has 0 radical (unpaired) electrons. The molecule has 0 heterocycles. The van der Waals surface area contributed by atoms with Crippen molar-refractivity contribution in [2.45, 2.75) is 39.2 Å². The summed E-state index contributed by atoms with van der Waals surface area (Å²) >= 11 is 0. The van der Waals surface area contributed by atoms with E-state index in [1.165, 1.54) is 29.5 Å². The lowest BCUT2D eigenvalue weighted by atomic mass is 9.93. The fourth-order valence-corrected chi connectivity index (χ4v) is 2.23. The fraction of sp³-hybridized carbons (Fsp3) is 0.538. The predicted molar refractivity (Wildman–Crippen MR) is 60.2 cm³/mol. The summed E-state index contributed by atoms with van der Waals surface area (Å²) < 4.78 is 0. The smallest absolute Gasteiger partial charge is 0.0326 e. The molecular formula is C13H19N. The van der Waals surface area contributed by atoms with E-state index >= 15 is 0 Å². The van der Waals surface area contributed by atoms with Gasteiger partial charge in [-0.2, -0.15) is 0 Å². The van der Waals surface area contributed by atoms with E-state index in [2.05, 4.69) is 32.0 Å². The summed E-state index contributed by atoms with van der Waals surface area (Å²) in [5.74, 6) is 0.752. The molecule has 0 aliphatic heterocycles. The van der Waals surface area contributed by atoms with Crippen LogP contribution in [0.15, 0.2) is 18.2 Å². The molecule has 1 aromatic carbocycles. The van der Waals surface area contributed by atoms with Crippen LogP contribution < -0.4 is 5.73 Å². The van der Waals surface area contributed by atoms with Gasteiger partial charge in [-0.1, -0.05) is 25.1 Å². The van der Waals surface area contributed by atoms with Gasteiger partial charge in [-0.15, -0.1) is 0 Å². The molecule has 1 saturated carbocycles. The molecule has 0 bridgehead atoms. The van der Waals surface area contributed by atoms with Crippen molar-refractivity contribution in [1.82, 2.24) is 0 Å². The highest BCUT2D eigenvalue weighted by atomic mass is 14.7. The number of rotatable bonds is 3. The molecule has 14 heavy (non-hydrogen) atoms. The van der Waals surface area contributed by atoms with E-state index in [0.29, 0.717) is 0 Å². The summed E-state index contributed by atoms with van der Waals surface area (Å²) in [5.41, 5.74) is 10.5. The third-order valence-corrected chi connectivity index (χ3v) is 3.29. The van der Waals surface area contributed by atoms with Crippen LogP contribution in [-0.4, -0.2) is 0 Å². The van der Waals surface area contributed by atoms with Crippen LogP contribution in [0.4, 0.5) is 0 Å². The van der Waals surface area contributed by atoms with E-state index in [-0.39, 0.29) is 6.04 Å². The first-order chi connectivity index (χ1) is 6.74. The minimum absolute atomic E-state index is 0.282. The van der Waals surface area contributed by atoms with Crippen molar-refractivity contribution in [2.75, 3.05) is 0 Å². The van der Waals surface area contributed by atoms with Gasteiger partial charge in [0.2, 0.25) is 0 Å². The van der Waals surface area contributed by atoms with Gasteiger partial charge in [0.25, 0.3) is 0 Å². The molecule has 1 aromatic rings. The van der Waals surface area contributed by atoms with Crippen LogP contribution in [0.5, 0.6) is 0 Å². The van der Waals surface area contributed by atoms with Crippen LogP contribution in [0.3, 0.4) is 0 Å². The van der Waals surface area contributed by atoms with Gasteiger partial charge in [-0.05, 0) is 48.8 Å². The maximum atomic E-state index is 6.25. The van der Waals surface area contributed by atoms with Crippen LogP contribution in [0.2, 0.25) is 0 Å². The van der Waals surface area contributed by atoms with Crippen molar-refractivity contribution in [3.05, 3.63) is 34.9 Å². The molecule has 1 heteroatoms. The van der Waals surface area contributed by atoms with Gasteiger partial charge in [0, 0.05) is 6.04 Å². The number of hydrogen-bond donors (Lipinski definition) is 1. The van der Waals surface area contributed by atoms with Crippen molar-refractivity contribution < 1.29 is 0 Å². The molecule has 1 atom stereocenters. The molecule has 0 amide bonds. The zero-order valence-electron chi connectivity index (χ0n) is 9.09. The van der Waals surface area contributed by atoms with Gasteiger partial charge in [0.05, 0.1) is 0 Å². The zero-order valence-corrected chi connectivity index (χ0v) is 9.09. The van der Waals surface area contributed by atoms with Crippen molar-refractivity contribution in [1.29, 1.82) is 0 Å². The van der Waals surface area contributed by atoms with Crippen molar-refractivity contribution in [3.8, 4) is 0 Å². The summed E-state index contributed by atoms with van der Waals surface area (Å²) in [5, 5.41) is 0. The molecule has 0 unspecified atom stereocenters. The van der Waals surface area contributed by atoms with Gasteiger partial charge in [0.1, 0.15) is 0 Å². The first-order valence-electron chi connectivity index (χ1n) is 5.58. The lowest BCUT2D eigenvalue weighted by Gasteiger charge is -2.17. The van der Waals surface area contributed by atoms with Crippen LogP contribution in [-0.2, 0) is 6.42 Å². The average Bonchev–Trinajstić information content (AvgIpc) is 2.99. The number of hydrogen-bond acceptors (Lipinski definition) is 1. The molecule has 76 valence electrons. The fourth-order valence-electron chi connectivity index (χ4n) is 2.23. The maximum absolute atomic E-state index is 6.25. The Bertz CT molecular complexity index is 326. The summed E-state index contributed by atoms with van der Waals surface area (Å²) in [4.78, 5) is 0.